The molecule has 0 aromatic carbocycles. The van der Waals surface area contributed by atoms with Crippen molar-refractivity contribution in [2.24, 2.45) is 5.16 Å². The van der Waals surface area contributed by atoms with Crippen molar-refractivity contribution < 1.29 is 43.0 Å². The molecule has 3 N–H and O–H groups in total. The molecule has 16 heteroatoms. The SMILES string of the molecule is COCC1=C(C(=O)OC(C)OC(=O)OC(C)C)N2C(=O)[C@@H](NC(=O)/C(=N\OC)c3cnc(N)s3)[C@H]2SC1. The predicted molar refractivity (Wildman–Crippen MR) is 132 cm³/mol. The van der Waals surface area contributed by atoms with Crippen LogP contribution in [0, 0.1) is 0 Å². The maximum atomic E-state index is 13.1. The predicted octanol–water partition coefficient (Wildman–Crippen LogP) is 0.827. The Labute approximate surface area is 220 Å². The number of thiazole rings is 1. The zero-order valence-corrected chi connectivity index (χ0v) is 22.3. The van der Waals surface area contributed by atoms with Crippen molar-refractivity contribution in [1.82, 2.24) is 15.2 Å². The first-order valence-electron chi connectivity index (χ1n) is 10.9. The van der Waals surface area contributed by atoms with E-state index in [0.717, 1.165) is 11.3 Å². The van der Waals surface area contributed by atoms with Gasteiger partial charge in [-0.15, -0.1) is 11.8 Å². The number of anilines is 1. The fourth-order valence-corrected chi connectivity index (χ4v) is 5.43. The van der Waals surface area contributed by atoms with Crippen molar-refractivity contribution in [1.29, 1.82) is 0 Å². The smallest absolute Gasteiger partial charge is 0.431 e. The van der Waals surface area contributed by atoms with E-state index in [1.54, 1.807) is 13.8 Å². The molecule has 1 unspecified atom stereocenters. The minimum atomic E-state index is -1.28. The fourth-order valence-electron chi connectivity index (χ4n) is 3.44. The summed E-state index contributed by atoms with van der Waals surface area (Å²) in [5.41, 5.74) is 6.02. The highest BCUT2D eigenvalue weighted by atomic mass is 32.2. The number of thioether (sulfide) groups is 1. The first-order valence-corrected chi connectivity index (χ1v) is 12.8. The number of oxime groups is 1. The van der Waals surface area contributed by atoms with Crippen LogP contribution in [0.4, 0.5) is 9.93 Å². The highest BCUT2D eigenvalue weighted by Gasteiger charge is 2.55. The summed E-state index contributed by atoms with van der Waals surface area (Å²) in [7, 11) is 2.72. The zero-order chi connectivity index (χ0) is 27.3. The van der Waals surface area contributed by atoms with Crippen molar-refractivity contribution in [2.45, 2.75) is 44.6 Å². The molecule has 1 fully saturated rings. The number of methoxy groups -OCH3 is 1. The number of aromatic nitrogens is 1. The lowest BCUT2D eigenvalue weighted by atomic mass is 10.0. The Kier molecular flexibility index (Phi) is 9.34. The van der Waals surface area contributed by atoms with Gasteiger partial charge in [0.2, 0.25) is 6.29 Å². The van der Waals surface area contributed by atoms with Gasteiger partial charge in [0.25, 0.3) is 11.8 Å². The number of nitrogens with zero attached hydrogens (tertiary/aromatic N) is 3. The number of carbonyl (C=O) groups excluding carboxylic acids is 4. The fraction of sp³-hybridized carbons (Fsp3) is 0.524. The average Bonchev–Trinajstić information content (AvgIpc) is 3.25. The number of amides is 2. The maximum Gasteiger partial charge on any atom is 0.511 e. The van der Waals surface area contributed by atoms with Crippen LogP contribution < -0.4 is 11.1 Å². The second-order valence-corrected chi connectivity index (χ2v) is 10.1. The molecule has 0 radical (unpaired) electrons. The Morgan fingerprint density at radius 1 is 1.24 bits per heavy atom. The van der Waals surface area contributed by atoms with Gasteiger partial charge >= 0.3 is 12.1 Å². The molecule has 37 heavy (non-hydrogen) atoms. The van der Waals surface area contributed by atoms with Crippen LogP contribution in [0.25, 0.3) is 0 Å². The lowest BCUT2D eigenvalue weighted by Gasteiger charge is -2.49. The second kappa shape index (κ2) is 12.2. The standard InChI is InChI=1S/C21H27N5O9S2/c1-9(2)33-21(30)35-10(3)34-19(29)15-11(7-31-4)8-36-18-14(17(28)26(15)18)24-16(27)13(25-32-5)12-6-23-20(22)37-12/h6,9-10,14,18H,7-8H2,1-5H3,(H2,22,23)(H,24,27)/b25-13-/t10?,14-,18-/m1/s1. The largest absolute Gasteiger partial charge is 0.511 e. The van der Waals surface area contributed by atoms with Crippen molar-refractivity contribution in [3.8, 4) is 0 Å². The summed E-state index contributed by atoms with van der Waals surface area (Å²) in [6.07, 6.45) is -1.33. The number of hydrogen-bond donors (Lipinski definition) is 2. The first kappa shape index (κ1) is 28.2. The molecule has 202 valence electrons. The maximum absolute atomic E-state index is 13.1. The van der Waals surface area contributed by atoms with Crippen LogP contribution in [0.15, 0.2) is 22.6 Å². The molecule has 0 aliphatic carbocycles. The van der Waals surface area contributed by atoms with Gasteiger partial charge in [0, 0.05) is 26.0 Å². The summed E-state index contributed by atoms with van der Waals surface area (Å²) in [6.45, 7) is 4.68. The molecule has 0 bridgehead atoms. The average molecular weight is 558 g/mol. The minimum absolute atomic E-state index is 0.0326. The number of nitrogens with two attached hydrogens (primary N) is 1. The first-order chi connectivity index (χ1) is 17.6. The number of ether oxygens (including phenoxy) is 4. The molecule has 14 nitrogen and oxygen atoms in total. The third-order valence-corrected chi connectivity index (χ3v) is 7.04. The van der Waals surface area contributed by atoms with Crippen molar-refractivity contribution >= 4 is 57.9 Å². The van der Waals surface area contributed by atoms with E-state index in [2.05, 4.69) is 15.5 Å². The third kappa shape index (κ3) is 6.50. The number of hydrogen-bond acceptors (Lipinski definition) is 14. The molecule has 0 spiro atoms. The lowest BCUT2D eigenvalue weighted by Crippen LogP contribution is -2.71. The summed E-state index contributed by atoms with van der Waals surface area (Å²) >= 11 is 2.37. The van der Waals surface area contributed by atoms with Crippen molar-refractivity contribution in [3.63, 3.8) is 0 Å². The minimum Gasteiger partial charge on any atom is -0.431 e. The number of esters is 1. The van der Waals surface area contributed by atoms with E-state index >= 15 is 0 Å². The van der Waals surface area contributed by atoms with Gasteiger partial charge in [-0.2, -0.15) is 0 Å². The summed E-state index contributed by atoms with van der Waals surface area (Å²) in [5, 5.41) is 6.00. The number of nitrogens with one attached hydrogen (secondary N) is 1. The second-order valence-electron chi connectivity index (χ2n) is 7.94. The van der Waals surface area contributed by atoms with E-state index in [1.807, 2.05) is 0 Å². The van der Waals surface area contributed by atoms with E-state index in [-0.39, 0.29) is 23.1 Å². The van der Waals surface area contributed by atoms with Crippen LogP contribution in [-0.2, 0) is 38.2 Å². The number of nitrogen functional groups attached to an aromatic ring is 1. The van der Waals surface area contributed by atoms with Gasteiger partial charge in [0.05, 0.1) is 17.6 Å². The highest BCUT2D eigenvalue weighted by molar-refractivity contribution is 8.00. The molecule has 3 atom stereocenters. The number of carbonyl (C=O) groups is 4. The Morgan fingerprint density at radius 2 is 1.97 bits per heavy atom. The van der Waals surface area contributed by atoms with Gasteiger partial charge in [-0.05, 0) is 19.4 Å². The molecule has 3 rings (SSSR count). The Morgan fingerprint density at radius 3 is 2.57 bits per heavy atom. The van der Waals surface area contributed by atoms with Gasteiger partial charge in [0.1, 0.15) is 24.2 Å². The molecule has 1 aromatic heterocycles. The summed E-state index contributed by atoms with van der Waals surface area (Å²) in [4.78, 5) is 61.0. The summed E-state index contributed by atoms with van der Waals surface area (Å²) in [5.74, 6) is -1.78. The molecule has 1 aromatic rings. The molecule has 1 saturated heterocycles. The van der Waals surface area contributed by atoms with Crippen LogP contribution in [0.5, 0.6) is 0 Å². The topological polar surface area (TPSA) is 181 Å². The van der Waals surface area contributed by atoms with E-state index in [1.165, 1.54) is 44.0 Å². The molecule has 0 saturated carbocycles. The van der Waals surface area contributed by atoms with Crippen LogP contribution in [0.1, 0.15) is 25.6 Å². The monoisotopic (exact) mass is 557 g/mol. The number of β-lactam (4-membered cyclic amide) rings is 1. The Hall–Kier alpha value is -3.37. The van der Waals surface area contributed by atoms with Gasteiger partial charge in [0.15, 0.2) is 10.8 Å². The Bertz CT molecular complexity index is 1120. The quantitative estimate of drug-likeness (QED) is 0.136. The van der Waals surface area contributed by atoms with Gasteiger partial charge < -0.3 is 34.8 Å². The third-order valence-electron chi connectivity index (χ3n) is 4.87. The summed E-state index contributed by atoms with van der Waals surface area (Å²) in [6, 6.07) is -0.952. The van der Waals surface area contributed by atoms with E-state index in [9.17, 15) is 19.2 Å². The van der Waals surface area contributed by atoms with Gasteiger partial charge in [-0.3, -0.25) is 14.5 Å². The number of rotatable bonds is 10. The van der Waals surface area contributed by atoms with Crippen LogP contribution in [0.3, 0.4) is 0 Å². The zero-order valence-electron chi connectivity index (χ0n) is 20.7. The van der Waals surface area contributed by atoms with E-state index in [0.29, 0.717) is 16.2 Å². The van der Waals surface area contributed by atoms with E-state index in [4.69, 9.17) is 29.5 Å². The summed E-state index contributed by atoms with van der Waals surface area (Å²) < 4.78 is 20.2. The molecule has 3 heterocycles. The molecule has 2 aliphatic heterocycles. The molecular weight excluding hydrogens is 530 g/mol. The normalized spacial score (nSPS) is 20.1. The molecular formula is C21H27N5O9S2. The molecule has 2 amide bonds. The van der Waals surface area contributed by atoms with Crippen LogP contribution in [0.2, 0.25) is 0 Å². The van der Waals surface area contributed by atoms with Crippen LogP contribution in [-0.4, -0.2) is 89.9 Å². The Balaban J connectivity index is 1.74. The lowest BCUT2D eigenvalue weighted by molar-refractivity contribution is -0.169. The van der Waals surface area contributed by atoms with E-state index < -0.39 is 47.7 Å². The van der Waals surface area contributed by atoms with Gasteiger partial charge in [-0.1, -0.05) is 16.5 Å². The highest BCUT2D eigenvalue weighted by Crippen LogP contribution is 2.41. The van der Waals surface area contributed by atoms with Crippen LogP contribution >= 0.6 is 23.1 Å². The van der Waals surface area contributed by atoms with Crippen molar-refractivity contribution in [2.75, 3.05) is 32.3 Å². The van der Waals surface area contributed by atoms with Gasteiger partial charge in [-0.25, -0.2) is 14.6 Å². The van der Waals surface area contributed by atoms with Crippen molar-refractivity contribution in [3.05, 3.63) is 22.3 Å². The number of fused-ring (bicyclic) bond motifs is 1. The molecule has 2 aliphatic rings.